The first-order chi connectivity index (χ1) is 10.5. The monoisotopic (exact) mass is 303 g/mol. The van der Waals surface area contributed by atoms with Crippen LogP contribution in [0.15, 0.2) is 41.0 Å². The molecule has 0 aliphatic carbocycles. The lowest BCUT2D eigenvalue weighted by Crippen LogP contribution is -2.32. The van der Waals surface area contributed by atoms with E-state index in [0.717, 1.165) is 16.9 Å². The summed E-state index contributed by atoms with van der Waals surface area (Å²) in [7, 11) is 3.93. The van der Waals surface area contributed by atoms with Crippen molar-refractivity contribution >= 4 is 17.4 Å². The highest BCUT2D eigenvalue weighted by Gasteiger charge is 2.12. The quantitative estimate of drug-likeness (QED) is 0.793. The number of carbonyl (C=O) groups excluding carboxylic acids is 1. The zero-order valence-corrected chi connectivity index (χ0v) is 13.0. The molecule has 2 aromatic rings. The molecule has 2 rings (SSSR count). The summed E-state index contributed by atoms with van der Waals surface area (Å²) < 4.78 is 5.07. The van der Waals surface area contributed by atoms with Crippen LogP contribution >= 0.6 is 0 Å². The highest BCUT2D eigenvalue weighted by Crippen LogP contribution is 2.21. The van der Waals surface area contributed by atoms with Crippen molar-refractivity contribution in [3.05, 3.63) is 47.9 Å². The largest absolute Gasteiger partial charge is 0.467 e. The van der Waals surface area contributed by atoms with Crippen LogP contribution in [0.1, 0.15) is 17.4 Å². The number of anilines is 2. The van der Waals surface area contributed by atoms with E-state index in [0.29, 0.717) is 5.76 Å². The van der Waals surface area contributed by atoms with Gasteiger partial charge in [-0.3, -0.25) is 0 Å². The third-order valence-corrected chi connectivity index (χ3v) is 3.30. The van der Waals surface area contributed by atoms with Crippen LogP contribution in [-0.4, -0.2) is 31.8 Å². The van der Waals surface area contributed by atoms with Gasteiger partial charge in [0.2, 0.25) is 0 Å². The normalized spacial score (nSPS) is 11.8. The van der Waals surface area contributed by atoms with Crippen molar-refractivity contribution in [2.75, 3.05) is 30.9 Å². The lowest BCUT2D eigenvalue weighted by molar-refractivity contribution is 0.149. The molecule has 0 aliphatic rings. The van der Waals surface area contributed by atoms with E-state index in [2.05, 4.69) is 10.6 Å². The van der Waals surface area contributed by atoms with E-state index in [4.69, 9.17) is 4.42 Å². The van der Waals surface area contributed by atoms with Gasteiger partial charge in [0.05, 0.1) is 12.8 Å². The average Bonchev–Trinajstić information content (AvgIpc) is 3.01. The molecular weight excluding hydrogens is 282 g/mol. The first-order valence-corrected chi connectivity index (χ1v) is 7.01. The van der Waals surface area contributed by atoms with Crippen LogP contribution in [0.3, 0.4) is 0 Å². The minimum absolute atomic E-state index is 0.0776. The van der Waals surface area contributed by atoms with Gasteiger partial charge < -0.3 is 25.1 Å². The number of amides is 2. The lowest BCUT2D eigenvalue weighted by Gasteiger charge is -2.16. The van der Waals surface area contributed by atoms with Gasteiger partial charge in [-0.15, -0.1) is 0 Å². The Hall–Kier alpha value is -2.47. The molecule has 0 aliphatic heterocycles. The van der Waals surface area contributed by atoms with Gasteiger partial charge in [-0.05, 0) is 42.8 Å². The molecule has 1 unspecified atom stereocenters. The Morgan fingerprint density at radius 1 is 1.36 bits per heavy atom. The van der Waals surface area contributed by atoms with Crippen LogP contribution in [0.5, 0.6) is 0 Å². The predicted molar refractivity (Wildman–Crippen MR) is 86.2 cm³/mol. The molecule has 1 atom stereocenters. The molecular formula is C16H21N3O3. The molecule has 3 N–H and O–H groups in total. The van der Waals surface area contributed by atoms with Crippen molar-refractivity contribution in [2.24, 2.45) is 0 Å². The fraction of sp³-hybridized carbons (Fsp3) is 0.312. The maximum atomic E-state index is 11.9. The van der Waals surface area contributed by atoms with Crippen LogP contribution in [0, 0.1) is 6.92 Å². The highest BCUT2D eigenvalue weighted by atomic mass is 16.4. The second-order valence-electron chi connectivity index (χ2n) is 5.26. The third-order valence-electron chi connectivity index (χ3n) is 3.30. The number of rotatable bonds is 5. The molecule has 0 radical (unpaired) electrons. The highest BCUT2D eigenvalue weighted by molar-refractivity contribution is 5.90. The summed E-state index contributed by atoms with van der Waals surface area (Å²) in [4.78, 5) is 13.9. The average molecular weight is 303 g/mol. The lowest BCUT2D eigenvalue weighted by atomic mass is 10.1. The van der Waals surface area contributed by atoms with E-state index < -0.39 is 6.10 Å². The van der Waals surface area contributed by atoms with E-state index >= 15 is 0 Å². The molecule has 1 aromatic carbocycles. The van der Waals surface area contributed by atoms with Crippen LogP contribution in [0.25, 0.3) is 0 Å². The summed E-state index contributed by atoms with van der Waals surface area (Å²) in [6, 6.07) is 8.76. The summed E-state index contributed by atoms with van der Waals surface area (Å²) >= 11 is 0. The maximum absolute atomic E-state index is 11.9. The Kier molecular flexibility index (Phi) is 5.06. The van der Waals surface area contributed by atoms with E-state index in [1.54, 1.807) is 12.1 Å². The predicted octanol–water partition coefficient (Wildman–Crippen LogP) is 2.51. The molecule has 0 spiro atoms. The van der Waals surface area contributed by atoms with E-state index in [1.165, 1.54) is 6.26 Å². The maximum Gasteiger partial charge on any atom is 0.319 e. The SMILES string of the molecule is Cc1cc(N(C)C)ccc1NC(=O)NCC(O)c1ccco1. The Bertz CT molecular complexity index is 624. The van der Waals surface area contributed by atoms with E-state index in [-0.39, 0.29) is 12.6 Å². The molecule has 1 heterocycles. The van der Waals surface area contributed by atoms with Crippen molar-refractivity contribution in [2.45, 2.75) is 13.0 Å². The zero-order valence-electron chi connectivity index (χ0n) is 13.0. The van der Waals surface area contributed by atoms with Gasteiger partial charge in [0.25, 0.3) is 0 Å². The Labute approximate surface area is 129 Å². The number of nitrogens with one attached hydrogen (secondary N) is 2. The van der Waals surface area contributed by atoms with Crippen molar-refractivity contribution in [3.8, 4) is 0 Å². The Morgan fingerprint density at radius 3 is 2.73 bits per heavy atom. The van der Waals surface area contributed by atoms with Crippen molar-refractivity contribution in [1.82, 2.24) is 5.32 Å². The molecule has 118 valence electrons. The molecule has 22 heavy (non-hydrogen) atoms. The van der Waals surface area contributed by atoms with Crippen LogP contribution in [0.2, 0.25) is 0 Å². The molecule has 2 amide bonds. The standard InChI is InChI=1S/C16H21N3O3/c1-11-9-12(19(2)3)6-7-13(11)18-16(21)17-10-14(20)15-5-4-8-22-15/h4-9,14,20H,10H2,1-3H3,(H2,17,18,21). The van der Waals surface area contributed by atoms with Crippen molar-refractivity contribution in [3.63, 3.8) is 0 Å². The topological polar surface area (TPSA) is 77.7 Å². The molecule has 1 aromatic heterocycles. The molecule has 6 nitrogen and oxygen atoms in total. The van der Waals surface area contributed by atoms with E-state index in [9.17, 15) is 9.90 Å². The summed E-state index contributed by atoms with van der Waals surface area (Å²) in [6.07, 6.45) is 0.617. The van der Waals surface area contributed by atoms with Crippen LogP contribution in [-0.2, 0) is 0 Å². The number of aliphatic hydroxyl groups is 1. The second-order valence-corrected chi connectivity index (χ2v) is 5.26. The molecule has 0 saturated heterocycles. The minimum atomic E-state index is -0.863. The fourth-order valence-electron chi connectivity index (χ4n) is 2.00. The van der Waals surface area contributed by atoms with Crippen molar-refractivity contribution in [1.29, 1.82) is 0 Å². The number of aliphatic hydroxyl groups excluding tert-OH is 1. The van der Waals surface area contributed by atoms with Gasteiger partial charge in [0.15, 0.2) is 0 Å². The molecule has 6 heteroatoms. The Morgan fingerprint density at radius 2 is 2.14 bits per heavy atom. The summed E-state index contributed by atoms with van der Waals surface area (Å²) in [6.45, 7) is 2.01. The number of carbonyl (C=O) groups is 1. The van der Waals surface area contributed by atoms with Crippen LogP contribution in [0.4, 0.5) is 16.2 Å². The second kappa shape index (κ2) is 7.00. The number of hydrogen-bond donors (Lipinski definition) is 3. The van der Waals surface area contributed by atoms with Gasteiger partial charge in [0, 0.05) is 25.5 Å². The molecule has 0 bridgehead atoms. The van der Waals surface area contributed by atoms with Gasteiger partial charge in [-0.2, -0.15) is 0 Å². The van der Waals surface area contributed by atoms with Crippen molar-refractivity contribution < 1.29 is 14.3 Å². The number of aryl methyl sites for hydroxylation is 1. The summed E-state index contributed by atoms with van der Waals surface area (Å²) in [5, 5.41) is 15.2. The smallest absolute Gasteiger partial charge is 0.319 e. The zero-order chi connectivity index (χ0) is 16.1. The number of urea groups is 1. The number of nitrogens with zero attached hydrogens (tertiary/aromatic N) is 1. The molecule has 0 saturated carbocycles. The molecule has 0 fully saturated rings. The van der Waals surface area contributed by atoms with Gasteiger partial charge in [0.1, 0.15) is 11.9 Å². The van der Waals surface area contributed by atoms with Gasteiger partial charge in [-0.25, -0.2) is 4.79 Å². The Balaban J connectivity index is 1.89. The summed E-state index contributed by atoms with van der Waals surface area (Å²) in [5.74, 6) is 0.423. The number of furan rings is 1. The minimum Gasteiger partial charge on any atom is -0.467 e. The first-order valence-electron chi connectivity index (χ1n) is 7.01. The fourth-order valence-corrected chi connectivity index (χ4v) is 2.00. The summed E-state index contributed by atoms with van der Waals surface area (Å²) in [5.41, 5.74) is 2.76. The number of hydrogen-bond acceptors (Lipinski definition) is 4. The van der Waals surface area contributed by atoms with E-state index in [1.807, 2.05) is 44.1 Å². The van der Waals surface area contributed by atoms with Crippen LogP contribution < -0.4 is 15.5 Å². The van der Waals surface area contributed by atoms with Gasteiger partial charge >= 0.3 is 6.03 Å². The number of benzene rings is 1. The first kappa shape index (κ1) is 15.9. The third kappa shape index (κ3) is 4.02. The van der Waals surface area contributed by atoms with Gasteiger partial charge in [-0.1, -0.05) is 0 Å².